The molecule has 3 aliphatic rings. The van der Waals surface area contributed by atoms with Gasteiger partial charge in [0, 0.05) is 5.41 Å². The molecule has 3 rings (SSSR count). The molecule has 1 spiro atoms. The average molecular weight is 363 g/mol. The molecule has 0 amide bonds. The van der Waals surface area contributed by atoms with Gasteiger partial charge in [-0.05, 0) is 85.9 Å². The molecule has 0 aromatic rings. The first-order valence-corrected chi connectivity index (χ1v) is 11.2. The molecule has 3 saturated carbocycles. The van der Waals surface area contributed by atoms with Gasteiger partial charge in [-0.3, -0.25) is 4.79 Å². The number of ketones is 1. The summed E-state index contributed by atoms with van der Waals surface area (Å²) in [5.74, 6) is 3.11. The van der Waals surface area contributed by atoms with Gasteiger partial charge < -0.3 is 0 Å². The first-order valence-electron chi connectivity index (χ1n) is 11.2. The molecule has 0 N–H and O–H groups in total. The lowest BCUT2D eigenvalue weighted by Gasteiger charge is -2.44. The smallest absolute Gasteiger partial charge is 0.135 e. The average Bonchev–Trinajstić information content (AvgIpc) is 3.02. The Morgan fingerprint density at radius 3 is 1.81 bits per heavy atom. The predicted octanol–water partition coefficient (Wildman–Crippen LogP) is 7.68. The maximum Gasteiger partial charge on any atom is 0.135 e. The van der Waals surface area contributed by atoms with Crippen molar-refractivity contribution < 1.29 is 4.79 Å². The predicted molar refractivity (Wildman–Crippen MR) is 113 cm³/mol. The Balaban J connectivity index is 0.000000187. The standard InChI is InChI=1S/C13H24.C12H22O/c1-5-11-7-12(3,4)9-13(8-11)6-10(13)2;1-9-6-11(3,4)8-12(5,7-9)10(2)13/h10-11H,5-9H2,1-4H3;9H,6-8H2,1-5H3/t10?,11?,13-;/m1./s1. The van der Waals surface area contributed by atoms with Crippen LogP contribution in [-0.2, 0) is 4.79 Å². The van der Waals surface area contributed by atoms with E-state index in [-0.39, 0.29) is 5.41 Å². The van der Waals surface area contributed by atoms with Crippen LogP contribution in [-0.4, -0.2) is 5.78 Å². The molecule has 1 nitrogen and oxygen atoms in total. The lowest BCUT2D eigenvalue weighted by molar-refractivity contribution is -0.130. The molecule has 0 radical (unpaired) electrons. The van der Waals surface area contributed by atoms with Crippen LogP contribution in [0.15, 0.2) is 0 Å². The van der Waals surface area contributed by atoms with Gasteiger partial charge in [-0.1, -0.05) is 61.8 Å². The van der Waals surface area contributed by atoms with Crippen LogP contribution in [0.2, 0.25) is 0 Å². The zero-order valence-electron chi connectivity index (χ0n) is 19.3. The summed E-state index contributed by atoms with van der Waals surface area (Å²) >= 11 is 0. The second-order valence-electron chi connectivity index (χ2n) is 12.5. The molecule has 5 atom stereocenters. The van der Waals surface area contributed by atoms with Gasteiger partial charge in [-0.15, -0.1) is 0 Å². The van der Waals surface area contributed by atoms with Crippen LogP contribution in [0.4, 0.5) is 0 Å². The third kappa shape index (κ3) is 5.14. The SMILES string of the molecule is CC(=O)C1(C)CC(C)CC(C)(C)C1.CCC1CC(C)(C)C[C@]2(C1)CC2C. The number of carbonyl (C=O) groups is 1. The number of rotatable bonds is 2. The lowest BCUT2D eigenvalue weighted by Crippen LogP contribution is -2.39. The van der Waals surface area contributed by atoms with Crippen molar-refractivity contribution in [2.24, 2.45) is 39.4 Å². The van der Waals surface area contributed by atoms with E-state index in [0.717, 1.165) is 30.1 Å². The third-order valence-electron chi connectivity index (χ3n) is 7.96. The highest BCUT2D eigenvalue weighted by molar-refractivity contribution is 5.82. The molecule has 3 aliphatic carbocycles. The van der Waals surface area contributed by atoms with Crippen molar-refractivity contribution >= 4 is 5.78 Å². The van der Waals surface area contributed by atoms with Crippen molar-refractivity contribution in [2.75, 3.05) is 0 Å². The zero-order chi connectivity index (χ0) is 20.0. The minimum Gasteiger partial charge on any atom is -0.299 e. The fourth-order valence-corrected chi connectivity index (χ4v) is 7.15. The van der Waals surface area contributed by atoms with Gasteiger partial charge >= 0.3 is 0 Å². The van der Waals surface area contributed by atoms with Crippen LogP contribution < -0.4 is 0 Å². The van der Waals surface area contributed by atoms with E-state index in [4.69, 9.17) is 0 Å². The molecule has 1 heteroatoms. The zero-order valence-corrected chi connectivity index (χ0v) is 19.3. The maximum absolute atomic E-state index is 11.6. The van der Waals surface area contributed by atoms with Crippen LogP contribution in [0.1, 0.15) is 114 Å². The van der Waals surface area contributed by atoms with Gasteiger partial charge in [0.1, 0.15) is 5.78 Å². The molecule has 4 unspecified atom stereocenters. The Morgan fingerprint density at radius 2 is 1.38 bits per heavy atom. The second-order valence-corrected chi connectivity index (χ2v) is 12.5. The molecule has 0 saturated heterocycles. The van der Waals surface area contributed by atoms with Crippen molar-refractivity contribution in [2.45, 2.75) is 114 Å². The van der Waals surface area contributed by atoms with E-state index < -0.39 is 0 Å². The van der Waals surface area contributed by atoms with Crippen molar-refractivity contribution in [3.63, 3.8) is 0 Å². The molecule has 0 heterocycles. The van der Waals surface area contributed by atoms with Crippen molar-refractivity contribution in [1.82, 2.24) is 0 Å². The van der Waals surface area contributed by atoms with E-state index in [9.17, 15) is 4.79 Å². The first kappa shape index (κ1) is 22.0. The minimum atomic E-state index is -0.0544. The highest BCUT2D eigenvalue weighted by atomic mass is 16.1. The van der Waals surface area contributed by atoms with Crippen molar-refractivity contribution in [1.29, 1.82) is 0 Å². The topological polar surface area (TPSA) is 17.1 Å². The summed E-state index contributed by atoms with van der Waals surface area (Å²) in [6, 6.07) is 0. The number of hydrogen-bond donors (Lipinski definition) is 0. The summed E-state index contributed by atoms with van der Waals surface area (Å²) in [7, 11) is 0. The van der Waals surface area contributed by atoms with Crippen LogP contribution >= 0.6 is 0 Å². The molecular formula is C25H46O. The fraction of sp³-hybridized carbons (Fsp3) is 0.960. The Kier molecular flexibility index (Phi) is 6.12. The summed E-state index contributed by atoms with van der Waals surface area (Å²) < 4.78 is 0. The van der Waals surface area contributed by atoms with E-state index in [1.54, 1.807) is 6.92 Å². The quantitative estimate of drug-likeness (QED) is 0.492. The van der Waals surface area contributed by atoms with E-state index in [2.05, 4.69) is 55.4 Å². The molecule has 3 fully saturated rings. The summed E-state index contributed by atoms with van der Waals surface area (Å²) in [6.45, 7) is 20.5. The summed E-state index contributed by atoms with van der Waals surface area (Å²) in [5.41, 5.74) is 1.71. The summed E-state index contributed by atoms with van der Waals surface area (Å²) in [5, 5.41) is 0. The molecular weight excluding hydrogens is 316 g/mol. The molecule has 26 heavy (non-hydrogen) atoms. The van der Waals surface area contributed by atoms with E-state index in [1.165, 1.54) is 38.5 Å². The van der Waals surface area contributed by atoms with Gasteiger partial charge in [-0.2, -0.15) is 0 Å². The number of Topliss-reactive ketones (excluding diaryl/α,β-unsaturated/α-hetero) is 1. The second kappa shape index (κ2) is 7.25. The minimum absolute atomic E-state index is 0.0544. The first-order chi connectivity index (χ1) is 11.7. The van der Waals surface area contributed by atoms with Crippen molar-refractivity contribution in [3.8, 4) is 0 Å². The van der Waals surface area contributed by atoms with Gasteiger partial charge in [-0.25, -0.2) is 0 Å². The van der Waals surface area contributed by atoms with Gasteiger partial charge in [0.05, 0.1) is 0 Å². The molecule has 152 valence electrons. The fourth-order valence-electron chi connectivity index (χ4n) is 7.15. The highest BCUT2D eigenvalue weighted by Gasteiger charge is 2.56. The van der Waals surface area contributed by atoms with Crippen LogP contribution in [0, 0.1) is 39.4 Å². The Morgan fingerprint density at radius 1 is 0.846 bits per heavy atom. The number of hydrogen-bond acceptors (Lipinski definition) is 1. The lowest BCUT2D eigenvalue weighted by atomic mass is 9.60. The largest absolute Gasteiger partial charge is 0.299 e. The molecule has 0 aromatic heterocycles. The van der Waals surface area contributed by atoms with Crippen LogP contribution in [0.3, 0.4) is 0 Å². The van der Waals surface area contributed by atoms with Gasteiger partial charge in [0.2, 0.25) is 0 Å². The molecule has 0 bridgehead atoms. The monoisotopic (exact) mass is 362 g/mol. The van der Waals surface area contributed by atoms with Gasteiger partial charge in [0.15, 0.2) is 0 Å². The van der Waals surface area contributed by atoms with Crippen molar-refractivity contribution in [3.05, 3.63) is 0 Å². The third-order valence-corrected chi connectivity index (χ3v) is 7.96. The van der Waals surface area contributed by atoms with E-state index in [1.807, 2.05) is 0 Å². The molecule has 0 aliphatic heterocycles. The van der Waals surface area contributed by atoms with Crippen LogP contribution in [0.5, 0.6) is 0 Å². The summed E-state index contributed by atoms with van der Waals surface area (Å²) in [4.78, 5) is 11.6. The molecule has 0 aromatic carbocycles. The van der Waals surface area contributed by atoms with Crippen LogP contribution in [0.25, 0.3) is 0 Å². The Bertz CT molecular complexity index is 516. The van der Waals surface area contributed by atoms with E-state index in [0.29, 0.717) is 22.5 Å². The maximum atomic E-state index is 11.6. The number of carbonyl (C=O) groups excluding carboxylic acids is 1. The Hall–Kier alpha value is -0.330. The van der Waals surface area contributed by atoms with Gasteiger partial charge in [0.25, 0.3) is 0 Å². The Labute approximate surface area is 164 Å². The summed E-state index contributed by atoms with van der Waals surface area (Å²) in [6.07, 6.45) is 10.8. The highest BCUT2D eigenvalue weighted by Crippen LogP contribution is 2.66. The normalized spacial score (nSPS) is 43.3. The van der Waals surface area contributed by atoms with E-state index >= 15 is 0 Å².